The van der Waals surface area contributed by atoms with Crippen LogP contribution in [0.4, 0.5) is 0 Å². The first-order chi connectivity index (χ1) is 9.86. The van der Waals surface area contributed by atoms with Crippen molar-refractivity contribution in [2.75, 3.05) is 13.2 Å². The molecule has 21 heavy (non-hydrogen) atoms. The van der Waals surface area contributed by atoms with E-state index >= 15 is 0 Å². The molecule has 0 radical (unpaired) electrons. The minimum atomic E-state index is -0.102. The highest BCUT2D eigenvalue weighted by Crippen LogP contribution is 2.52. The fourth-order valence-corrected chi connectivity index (χ4v) is 3.88. The Morgan fingerprint density at radius 2 is 2.10 bits per heavy atom. The fraction of sp³-hybridized carbons (Fsp3) is 0.833. The van der Waals surface area contributed by atoms with Crippen molar-refractivity contribution in [1.29, 1.82) is 0 Å². The summed E-state index contributed by atoms with van der Waals surface area (Å²) >= 11 is 0. The second-order valence-corrected chi connectivity index (χ2v) is 6.84. The summed E-state index contributed by atoms with van der Waals surface area (Å²) in [5, 5.41) is 9.50. The first-order valence-corrected chi connectivity index (χ1v) is 8.29. The molecular formula is C18H32O3. The number of ether oxygens (including phenoxy) is 1. The second kappa shape index (κ2) is 7.98. The molecule has 3 heteroatoms. The van der Waals surface area contributed by atoms with Crippen LogP contribution in [0.15, 0.2) is 11.1 Å². The van der Waals surface area contributed by atoms with Gasteiger partial charge >= 0.3 is 5.97 Å². The van der Waals surface area contributed by atoms with Gasteiger partial charge in [0.15, 0.2) is 0 Å². The van der Waals surface area contributed by atoms with Gasteiger partial charge in [0.1, 0.15) is 0 Å². The van der Waals surface area contributed by atoms with Crippen molar-refractivity contribution in [2.24, 2.45) is 17.3 Å². The van der Waals surface area contributed by atoms with Crippen LogP contribution >= 0.6 is 0 Å². The smallest absolute Gasteiger partial charge is 0.305 e. The number of allylic oxidation sites excluding steroid dienone is 2. The molecule has 0 aliphatic heterocycles. The lowest BCUT2D eigenvalue weighted by molar-refractivity contribution is -0.143. The minimum absolute atomic E-state index is 0.0755. The van der Waals surface area contributed by atoms with E-state index in [4.69, 9.17) is 4.74 Å². The summed E-state index contributed by atoms with van der Waals surface area (Å²) in [6.07, 6.45) is 4.41. The molecule has 1 rings (SSSR count). The van der Waals surface area contributed by atoms with Crippen LogP contribution in [0.2, 0.25) is 0 Å². The van der Waals surface area contributed by atoms with Crippen LogP contribution in [-0.4, -0.2) is 24.3 Å². The van der Waals surface area contributed by atoms with Gasteiger partial charge in [-0.1, -0.05) is 25.0 Å². The Balaban J connectivity index is 2.96. The number of esters is 1. The lowest BCUT2D eigenvalue weighted by atomic mass is 9.57. The maximum Gasteiger partial charge on any atom is 0.305 e. The molecule has 1 aliphatic carbocycles. The molecule has 1 saturated carbocycles. The lowest BCUT2D eigenvalue weighted by Crippen LogP contribution is -2.40. The maximum atomic E-state index is 11.7. The van der Waals surface area contributed by atoms with Crippen molar-refractivity contribution in [3.63, 3.8) is 0 Å². The Labute approximate surface area is 129 Å². The molecule has 0 amide bonds. The van der Waals surface area contributed by atoms with Crippen molar-refractivity contribution in [3.8, 4) is 0 Å². The van der Waals surface area contributed by atoms with Gasteiger partial charge in [0.25, 0.3) is 0 Å². The van der Waals surface area contributed by atoms with Crippen LogP contribution in [0.1, 0.15) is 66.7 Å². The van der Waals surface area contributed by atoms with Crippen LogP contribution in [0.5, 0.6) is 0 Å². The van der Waals surface area contributed by atoms with Gasteiger partial charge in [-0.3, -0.25) is 4.79 Å². The molecule has 1 fully saturated rings. The van der Waals surface area contributed by atoms with Crippen LogP contribution in [-0.2, 0) is 9.53 Å². The van der Waals surface area contributed by atoms with Gasteiger partial charge < -0.3 is 9.84 Å². The van der Waals surface area contributed by atoms with Crippen molar-refractivity contribution in [3.05, 3.63) is 11.1 Å². The van der Waals surface area contributed by atoms with E-state index in [9.17, 15) is 9.90 Å². The molecule has 0 spiro atoms. The topological polar surface area (TPSA) is 46.5 Å². The van der Waals surface area contributed by atoms with Crippen molar-refractivity contribution >= 4 is 5.97 Å². The molecule has 0 aromatic heterocycles. The molecule has 3 nitrogen and oxygen atoms in total. The molecule has 0 aromatic carbocycles. The summed E-state index contributed by atoms with van der Waals surface area (Å²) in [4.78, 5) is 11.7. The monoisotopic (exact) mass is 296 g/mol. The Morgan fingerprint density at radius 1 is 1.43 bits per heavy atom. The third-order valence-corrected chi connectivity index (χ3v) is 5.42. The van der Waals surface area contributed by atoms with Crippen LogP contribution < -0.4 is 0 Å². The average Bonchev–Trinajstić information content (AvgIpc) is 2.40. The highest BCUT2D eigenvalue weighted by molar-refractivity contribution is 5.69. The number of aliphatic hydroxyl groups is 1. The molecule has 0 saturated heterocycles. The number of carbonyl (C=O) groups is 1. The quantitative estimate of drug-likeness (QED) is 0.593. The molecule has 0 bridgehead atoms. The van der Waals surface area contributed by atoms with Gasteiger partial charge in [0.05, 0.1) is 6.61 Å². The van der Waals surface area contributed by atoms with Gasteiger partial charge in [-0.25, -0.2) is 0 Å². The molecule has 122 valence electrons. The first kappa shape index (κ1) is 18.2. The summed E-state index contributed by atoms with van der Waals surface area (Å²) in [6.45, 7) is 11.4. The van der Waals surface area contributed by atoms with E-state index < -0.39 is 0 Å². The summed E-state index contributed by atoms with van der Waals surface area (Å²) < 4.78 is 5.08. The number of aliphatic hydroxyl groups excluding tert-OH is 1. The predicted octanol–water partition coefficient (Wildman–Crippen LogP) is 4.10. The highest BCUT2D eigenvalue weighted by Gasteiger charge is 2.43. The molecule has 1 N–H and O–H groups in total. The zero-order chi connectivity index (χ0) is 16.0. The highest BCUT2D eigenvalue weighted by atomic mass is 16.5. The molecule has 0 aromatic rings. The standard InChI is InChI=1S/C18H32O3/c1-6-21-17(20)10-9-16-15(13(2)3)8-7-14(4)18(16,5)11-12-19/h14,16,19H,6-12H2,1-5H3/t14-,16+,18-/m1/s1. The normalized spacial score (nSPS) is 29.3. The van der Waals surface area contributed by atoms with E-state index in [1.807, 2.05) is 6.92 Å². The Morgan fingerprint density at radius 3 is 2.62 bits per heavy atom. The van der Waals surface area contributed by atoms with Gasteiger partial charge in [-0.15, -0.1) is 0 Å². The third kappa shape index (κ3) is 4.32. The van der Waals surface area contributed by atoms with Crippen molar-refractivity contribution < 1.29 is 14.6 Å². The van der Waals surface area contributed by atoms with E-state index in [-0.39, 0.29) is 18.0 Å². The average molecular weight is 296 g/mol. The molecular weight excluding hydrogens is 264 g/mol. The van der Waals surface area contributed by atoms with Crippen LogP contribution in [0.25, 0.3) is 0 Å². The van der Waals surface area contributed by atoms with E-state index in [0.717, 1.165) is 19.3 Å². The summed E-state index contributed by atoms with van der Waals surface area (Å²) in [7, 11) is 0. The SMILES string of the molecule is CCOC(=O)CC[C@H]1C(=C(C)C)CC[C@@H](C)[C@@]1(C)CCO. The van der Waals surface area contributed by atoms with Gasteiger partial charge in [0, 0.05) is 13.0 Å². The third-order valence-electron chi connectivity index (χ3n) is 5.42. The van der Waals surface area contributed by atoms with E-state index in [1.54, 1.807) is 0 Å². The largest absolute Gasteiger partial charge is 0.466 e. The summed E-state index contributed by atoms with van der Waals surface area (Å²) in [6, 6.07) is 0. The van der Waals surface area contributed by atoms with E-state index in [2.05, 4.69) is 27.7 Å². The summed E-state index contributed by atoms with van der Waals surface area (Å²) in [5.41, 5.74) is 2.94. The van der Waals surface area contributed by atoms with Crippen LogP contribution in [0, 0.1) is 17.3 Å². The molecule has 1 aliphatic rings. The van der Waals surface area contributed by atoms with Crippen molar-refractivity contribution in [1.82, 2.24) is 0 Å². The first-order valence-electron chi connectivity index (χ1n) is 8.29. The fourth-order valence-electron chi connectivity index (χ4n) is 3.88. The number of hydrogen-bond acceptors (Lipinski definition) is 3. The maximum absolute atomic E-state index is 11.7. The number of carbonyl (C=O) groups excluding carboxylic acids is 1. The Bertz CT molecular complexity index is 382. The molecule has 0 heterocycles. The predicted molar refractivity (Wildman–Crippen MR) is 85.9 cm³/mol. The van der Waals surface area contributed by atoms with E-state index in [1.165, 1.54) is 17.6 Å². The zero-order valence-electron chi connectivity index (χ0n) is 14.4. The molecule has 0 unspecified atom stereocenters. The second-order valence-electron chi connectivity index (χ2n) is 6.84. The minimum Gasteiger partial charge on any atom is -0.466 e. The number of hydrogen-bond donors (Lipinski definition) is 1. The number of rotatable bonds is 6. The Kier molecular flexibility index (Phi) is 6.92. The zero-order valence-corrected chi connectivity index (χ0v) is 14.4. The van der Waals surface area contributed by atoms with Gasteiger partial charge in [0.2, 0.25) is 0 Å². The van der Waals surface area contributed by atoms with Crippen LogP contribution in [0.3, 0.4) is 0 Å². The van der Waals surface area contributed by atoms with Gasteiger partial charge in [-0.2, -0.15) is 0 Å². The Hall–Kier alpha value is -0.830. The lowest BCUT2D eigenvalue weighted by Gasteiger charge is -2.48. The molecule has 3 atom stereocenters. The summed E-state index contributed by atoms with van der Waals surface area (Å²) in [5.74, 6) is 0.845. The van der Waals surface area contributed by atoms with Crippen molar-refractivity contribution in [2.45, 2.75) is 66.7 Å². The van der Waals surface area contributed by atoms with Gasteiger partial charge in [-0.05, 0) is 63.7 Å². The van der Waals surface area contributed by atoms with E-state index in [0.29, 0.717) is 24.9 Å².